The van der Waals surface area contributed by atoms with Gasteiger partial charge < -0.3 is 25.1 Å². The third kappa shape index (κ3) is 3.67. The predicted octanol–water partition coefficient (Wildman–Crippen LogP) is 3.29. The minimum Gasteiger partial charge on any atom is -0.493 e. The van der Waals surface area contributed by atoms with Crippen LogP contribution in [-0.2, 0) is 9.53 Å². The van der Waals surface area contributed by atoms with Crippen LogP contribution < -0.4 is 15.2 Å². The van der Waals surface area contributed by atoms with E-state index in [2.05, 4.69) is 0 Å². The van der Waals surface area contributed by atoms with Crippen LogP contribution in [0.4, 0.5) is 0 Å². The van der Waals surface area contributed by atoms with Crippen LogP contribution in [0.1, 0.15) is 57.1 Å². The third-order valence-electron chi connectivity index (χ3n) is 5.73. The zero-order chi connectivity index (χ0) is 18.7. The van der Waals surface area contributed by atoms with Gasteiger partial charge in [-0.2, -0.15) is 0 Å². The van der Waals surface area contributed by atoms with Crippen molar-refractivity contribution < 1.29 is 24.1 Å². The molecule has 3 N–H and O–H groups in total. The lowest BCUT2D eigenvalue weighted by atomic mass is 9.72. The molecule has 1 aromatic carbocycles. The Bertz CT molecular complexity index is 649. The number of nitrogens with two attached hydrogens (primary N) is 1. The van der Waals surface area contributed by atoms with Crippen molar-refractivity contribution in [2.75, 3.05) is 13.7 Å². The van der Waals surface area contributed by atoms with Crippen molar-refractivity contribution in [1.29, 1.82) is 0 Å². The summed E-state index contributed by atoms with van der Waals surface area (Å²) in [5.74, 6) is 0.657. The number of hydrogen-bond acceptors (Lipinski definition) is 5. The Hall–Kier alpha value is -1.79. The van der Waals surface area contributed by atoms with Gasteiger partial charge in [-0.05, 0) is 51.6 Å². The van der Waals surface area contributed by atoms with Crippen LogP contribution in [0.5, 0.6) is 11.5 Å². The van der Waals surface area contributed by atoms with E-state index in [1.54, 1.807) is 7.11 Å². The Morgan fingerprint density at radius 3 is 2.92 bits per heavy atom. The Morgan fingerprint density at radius 1 is 1.42 bits per heavy atom. The van der Waals surface area contributed by atoms with Crippen molar-refractivity contribution in [3.8, 4) is 11.5 Å². The molecule has 0 amide bonds. The maximum atomic E-state index is 11.2. The molecule has 0 radical (unpaired) electrons. The Labute approximate surface area is 154 Å². The Balaban J connectivity index is 1.93. The number of hydrogen-bond donors (Lipinski definition) is 2. The lowest BCUT2D eigenvalue weighted by Crippen LogP contribution is -2.50. The first kappa shape index (κ1) is 19.0. The largest absolute Gasteiger partial charge is 0.493 e. The average Bonchev–Trinajstić information content (AvgIpc) is 2.64. The van der Waals surface area contributed by atoms with E-state index in [-0.39, 0.29) is 24.5 Å². The number of rotatable bonds is 7. The van der Waals surface area contributed by atoms with Crippen LogP contribution in [0.3, 0.4) is 0 Å². The van der Waals surface area contributed by atoms with Crippen LogP contribution in [-0.4, -0.2) is 36.4 Å². The molecular formula is C20H29NO5. The molecule has 1 fully saturated rings. The van der Waals surface area contributed by atoms with Gasteiger partial charge in [-0.15, -0.1) is 0 Å². The molecule has 0 unspecified atom stereocenters. The number of methoxy groups -OCH3 is 1. The first-order valence-corrected chi connectivity index (χ1v) is 9.41. The molecule has 2 aliphatic rings. The smallest absolute Gasteiger partial charge is 0.303 e. The van der Waals surface area contributed by atoms with Gasteiger partial charge in [0.2, 0.25) is 0 Å². The summed E-state index contributed by atoms with van der Waals surface area (Å²) in [5, 5.41) is 9.17. The van der Waals surface area contributed by atoms with Gasteiger partial charge >= 0.3 is 5.97 Å². The molecular weight excluding hydrogens is 334 g/mol. The van der Waals surface area contributed by atoms with Crippen LogP contribution in [0, 0.1) is 5.92 Å². The van der Waals surface area contributed by atoms with Gasteiger partial charge in [0.25, 0.3) is 0 Å². The predicted molar refractivity (Wildman–Crippen MR) is 97.5 cm³/mol. The van der Waals surface area contributed by atoms with E-state index >= 15 is 0 Å². The summed E-state index contributed by atoms with van der Waals surface area (Å²) in [5.41, 5.74) is 6.06. The first-order valence-electron chi connectivity index (χ1n) is 9.41. The molecule has 0 bridgehead atoms. The third-order valence-corrected chi connectivity index (χ3v) is 5.73. The summed E-state index contributed by atoms with van der Waals surface area (Å²) >= 11 is 0. The van der Waals surface area contributed by atoms with Gasteiger partial charge in [0.05, 0.1) is 19.3 Å². The molecule has 0 aromatic heterocycles. The van der Waals surface area contributed by atoms with Crippen molar-refractivity contribution in [3.63, 3.8) is 0 Å². The monoisotopic (exact) mass is 363 g/mol. The highest BCUT2D eigenvalue weighted by atomic mass is 16.5. The molecule has 6 nitrogen and oxygen atoms in total. The molecule has 0 spiro atoms. The summed E-state index contributed by atoms with van der Waals surface area (Å²) in [4.78, 5) is 11.2. The van der Waals surface area contributed by atoms with E-state index in [1.165, 1.54) is 0 Å². The highest BCUT2D eigenvalue weighted by Crippen LogP contribution is 2.54. The van der Waals surface area contributed by atoms with Crippen LogP contribution >= 0.6 is 0 Å². The number of carbonyl (C=O) groups is 1. The Morgan fingerprint density at radius 2 is 2.23 bits per heavy atom. The van der Waals surface area contributed by atoms with Crippen molar-refractivity contribution in [1.82, 2.24) is 0 Å². The minimum absolute atomic E-state index is 0.0702. The first-order chi connectivity index (χ1) is 12.5. The van der Waals surface area contributed by atoms with Crippen LogP contribution in [0.2, 0.25) is 0 Å². The standard InChI is InChI=1S/C20H29NO5/c1-20(11-10-17(22)23)15-9-8-13(5-4-12-21)25-18(15)14-6-3-7-16(24-2)19(14)26-20/h3,6-7,13,15,18H,4-5,8-12,21H2,1-2H3,(H,22,23)/t13-,15-,18+,20+/m1/s1. The minimum atomic E-state index is -0.810. The summed E-state index contributed by atoms with van der Waals surface area (Å²) in [6, 6.07) is 5.84. The molecule has 2 heterocycles. The number of carboxylic acids is 1. The molecule has 6 heteroatoms. The molecule has 26 heavy (non-hydrogen) atoms. The number of fused-ring (bicyclic) bond motifs is 3. The van der Waals surface area contributed by atoms with E-state index in [1.807, 2.05) is 25.1 Å². The fraction of sp³-hybridized carbons (Fsp3) is 0.650. The highest BCUT2D eigenvalue weighted by molar-refractivity contribution is 5.66. The summed E-state index contributed by atoms with van der Waals surface area (Å²) in [6.07, 6.45) is 4.38. The number of para-hydroxylation sites is 1. The molecule has 1 aromatic rings. The maximum absolute atomic E-state index is 11.2. The summed E-state index contributed by atoms with van der Waals surface area (Å²) in [7, 11) is 1.62. The zero-order valence-electron chi connectivity index (χ0n) is 15.6. The molecule has 2 aliphatic heterocycles. The molecule has 1 saturated heterocycles. The quantitative estimate of drug-likeness (QED) is 0.772. The van der Waals surface area contributed by atoms with E-state index in [9.17, 15) is 4.79 Å². The van der Waals surface area contributed by atoms with Crippen LogP contribution in [0.25, 0.3) is 0 Å². The van der Waals surface area contributed by atoms with Crippen molar-refractivity contribution >= 4 is 5.97 Å². The molecule has 144 valence electrons. The fourth-order valence-electron chi connectivity index (χ4n) is 4.29. The zero-order valence-corrected chi connectivity index (χ0v) is 15.6. The topological polar surface area (TPSA) is 91.0 Å². The van der Waals surface area contributed by atoms with E-state index in [0.29, 0.717) is 24.5 Å². The summed E-state index contributed by atoms with van der Waals surface area (Å²) < 4.78 is 18.4. The lowest BCUT2D eigenvalue weighted by molar-refractivity contribution is -0.162. The maximum Gasteiger partial charge on any atom is 0.303 e. The van der Waals surface area contributed by atoms with E-state index < -0.39 is 11.6 Å². The summed E-state index contributed by atoms with van der Waals surface area (Å²) in [6.45, 7) is 2.67. The second-order valence-electron chi connectivity index (χ2n) is 7.48. The second-order valence-corrected chi connectivity index (χ2v) is 7.48. The van der Waals surface area contributed by atoms with Gasteiger partial charge in [-0.3, -0.25) is 4.79 Å². The SMILES string of the molecule is COc1cccc2c1O[C@@](C)(CCC(=O)O)[C@@H]1CC[C@@H](CCCN)O[C@@H]21. The molecule has 3 rings (SSSR count). The van der Waals surface area contributed by atoms with Gasteiger partial charge in [-0.25, -0.2) is 0 Å². The Kier molecular flexibility index (Phi) is 5.73. The van der Waals surface area contributed by atoms with E-state index in [4.69, 9.17) is 25.1 Å². The number of aliphatic carboxylic acids is 1. The normalized spacial score (nSPS) is 30.0. The lowest BCUT2D eigenvalue weighted by Gasteiger charge is -2.50. The van der Waals surface area contributed by atoms with Crippen molar-refractivity contribution in [2.24, 2.45) is 11.7 Å². The highest BCUT2D eigenvalue weighted by Gasteiger charge is 2.50. The van der Waals surface area contributed by atoms with Crippen LogP contribution in [0.15, 0.2) is 18.2 Å². The van der Waals surface area contributed by atoms with Gasteiger partial charge in [0.1, 0.15) is 5.60 Å². The number of benzene rings is 1. The van der Waals surface area contributed by atoms with Gasteiger partial charge in [0.15, 0.2) is 11.5 Å². The average molecular weight is 363 g/mol. The van der Waals surface area contributed by atoms with Crippen molar-refractivity contribution in [2.45, 2.75) is 63.3 Å². The number of ether oxygens (including phenoxy) is 3. The fourth-order valence-corrected chi connectivity index (χ4v) is 4.29. The molecule has 0 aliphatic carbocycles. The van der Waals surface area contributed by atoms with Gasteiger partial charge in [0, 0.05) is 17.9 Å². The van der Waals surface area contributed by atoms with Gasteiger partial charge in [-0.1, -0.05) is 12.1 Å². The van der Waals surface area contributed by atoms with Crippen molar-refractivity contribution in [3.05, 3.63) is 23.8 Å². The van der Waals surface area contributed by atoms with E-state index in [0.717, 1.165) is 31.2 Å². The molecule has 0 saturated carbocycles. The second kappa shape index (κ2) is 7.84. The number of carboxylic acid groups (broad SMARTS) is 1. The molecule has 4 atom stereocenters.